The number of halogens is 1. The summed E-state index contributed by atoms with van der Waals surface area (Å²) in [6, 6.07) is 3.67. The zero-order chi connectivity index (χ0) is 15.2. The molecule has 6 N–H and O–H groups in total. The fourth-order valence-electron chi connectivity index (χ4n) is 1.95. The molecule has 0 aromatic heterocycles. The lowest BCUT2D eigenvalue weighted by atomic mass is 10.2. The van der Waals surface area contributed by atoms with E-state index in [1.54, 1.807) is 6.07 Å². The maximum absolute atomic E-state index is 12.2. The Hall–Kier alpha value is -2.15. The first-order valence-electron chi connectivity index (χ1n) is 6.47. The van der Waals surface area contributed by atoms with E-state index in [-0.39, 0.29) is 11.5 Å². The molecule has 0 aliphatic carbocycles. The number of carbonyl (C=O) groups excluding carboxylic acids is 1. The van der Waals surface area contributed by atoms with E-state index in [0.29, 0.717) is 18.0 Å². The third-order valence-corrected chi connectivity index (χ3v) is 3.37. The van der Waals surface area contributed by atoms with Gasteiger partial charge in [0.2, 0.25) is 0 Å². The summed E-state index contributed by atoms with van der Waals surface area (Å²) in [4.78, 5) is 12.2. The Balaban J connectivity index is 2.31. The molecule has 0 atom stereocenters. The molecule has 0 spiro atoms. The summed E-state index contributed by atoms with van der Waals surface area (Å²) in [5.74, 6) is 0.357. The van der Waals surface area contributed by atoms with Crippen LogP contribution in [-0.2, 0) is 4.79 Å². The Kier molecular flexibility index (Phi) is 5.10. The van der Waals surface area contributed by atoms with Crippen LogP contribution < -0.4 is 26.8 Å². The molecule has 0 fully saturated rings. The monoisotopic (exact) mass is 352 g/mol. The average molecular weight is 353 g/mol. The number of hydrogen-bond acceptors (Lipinski definition) is 5. The van der Waals surface area contributed by atoms with E-state index in [9.17, 15) is 4.79 Å². The minimum absolute atomic E-state index is 0.278. The van der Waals surface area contributed by atoms with Crippen molar-refractivity contribution >= 4 is 33.2 Å². The Labute approximate surface area is 131 Å². The molecule has 1 aromatic rings. The summed E-state index contributed by atoms with van der Waals surface area (Å²) in [6.07, 6.45) is 4.81. The molecule has 0 saturated carbocycles. The number of carbonyl (C=O) groups is 1. The minimum Gasteiger partial charge on any atom is -0.491 e. The van der Waals surface area contributed by atoms with Crippen LogP contribution in [0.3, 0.4) is 0 Å². The fraction of sp³-hybridized carbons (Fsp3) is 0.214. The van der Waals surface area contributed by atoms with E-state index in [0.717, 1.165) is 23.1 Å². The predicted molar refractivity (Wildman–Crippen MR) is 87.0 cm³/mol. The van der Waals surface area contributed by atoms with Gasteiger partial charge in [-0.1, -0.05) is 15.9 Å². The Bertz CT molecular complexity index is 599. The molecule has 1 amide bonds. The zero-order valence-electron chi connectivity index (χ0n) is 11.4. The maximum Gasteiger partial charge on any atom is 0.257 e. The number of amides is 1. The molecule has 2 rings (SSSR count). The van der Waals surface area contributed by atoms with Crippen molar-refractivity contribution in [2.45, 2.75) is 6.42 Å². The van der Waals surface area contributed by atoms with Gasteiger partial charge in [0, 0.05) is 17.2 Å². The van der Waals surface area contributed by atoms with Gasteiger partial charge in [0.15, 0.2) is 0 Å². The van der Waals surface area contributed by atoms with Crippen LogP contribution in [0.25, 0.3) is 0 Å². The van der Waals surface area contributed by atoms with Crippen molar-refractivity contribution in [3.63, 3.8) is 0 Å². The van der Waals surface area contributed by atoms with Crippen molar-refractivity contribution < 1.29 is 9.53 Å². The van der Waals surface area contributed by atoms with Gasteiger partial charge in [-0.25, -0.2) is 0 Å². The molecule has 6 nitrogen and oxygen atoms in total. The average Bonchev–Trinajstić information content (AvgIpc) is 2.69. The molecule has 1 aliphatic rings. The van der Waals surface area contributed by atoms with E-state index >= 15 is 0 Å². The van der Waals surface area contributed by atoms with Crippen LogP contribution >= 0.6 is 15.9 Å². The highest BCUT2D eigenvalue weighted by Gasteiger charge is 2.17. The lowest BCUT2D eigenvalue weighted by molar-refractivity contribution is -0.112. The molecule has 1 aromatic carbocycles. The molecule has 21 heavy (non-hydrogen) atoms. The number of anilines is 2. The summed E-state index contributed by atoms with van der Waals surface area (Å²) < 4.78 is 6.48. The molecular formula is C14H17BrN4O2. The normalized spacial score (nSPS) is 14.8. The number of fused-ring (bicyclic) bond motifs is 1. The van der Waals surface area contributed by atoms with E-state index in [1.807, 2.05) is 6.07 Å². The highest BCUT2D eigenvalue weighted by Crippen LogP contribution is 2.37. The molecule has 0 radical (unpaired) electrons. The number of hydrogen-bond donors (Lipinski definition) is 4. The Morgan fingerprint density at radius 3 is 2.95 bits per heavy atom. The highest BCUT2D eigenvalue weighted by atomic mass is 79.9. The summed E-state index contributed by atoms with van der Waals surface area (Å²) >= 11 is 3.41. The summed E-state index contributed by atoms with van der Waals surface area (Å²) in [5, 5.41) is 6.07. The maximum atomic E-state index is 12.2. The highest BCUT2D eigenvalue weighted by molar-refractivity contribution is 9.10. The first kappa shape index (κ1) is 15.2. The van der Waals surface area contributed by atoms with E-state index in [2.05, 4.69) is 26.6 Å². The third-order valence-electron chi connectivity index (χ3n) is 2.91. The molecule has 0 bridgehead atoms. The Morgan fingerprint density at radius 1 is 1.43 bits per heavy atom. The smallest absolute Gasteiger partial charge is 0.257 e. The standard InChI is InChI=1S/C14H17BrN4O2/c15-10-6-11(19-14(20)9(8-17)2-3-16)13-12(7-10)21-5-1-4-18-13/h2-3,6-8,18H,1,4-5,16-17H2,(H,19,20)/b3-2-,9-8+. The Morgan fingerprint density at radius 2 is 2.24 bits per heavy atom. The van der Waals surface area contributed by atoms with Gasteiger partial charge in [-0.15, -0.1) is 0 Å². The largest absolute Gasteiger partial charge is 0.491 e. The lowest BCUT2D eigenvalue weighted by Crippen LogP contribution is -2.16. The van der Waals surface area contributed by atoms with E-state index < -0.39 is 0 Å². The lowest BCUT2D eigenvalue weighted by Gasteiger charge is -2.15. The van der Waals surface area contributed by atoms with Crippen LogP contribution in [0.5, 0.6) is 5.75 Å². The van der Waals surface area contributed by atoms with Crippen molar-refractivity contribution in [2.24, 2.45) is 11.5 Å². The number of nitrogens with two attached hydrogens (primary N) is 2. The van der Waals surface area contributed by atoms with Crippen molar-refractivity contribution in [3.8, 4) is 5.75 Å². The molecular weight excluding hydrogens is 336 g/mol. The van der Waals surface area contributed by atoms with Crippen LogP contribution in [-0.4, -0.2) is 19.1 Å². The molecule has 7 heteroatoms. The van der Waals surface area contributed by atoms with Crippen molar-refractivity contribution in [3.05, 3.63) is 40.7 Å². The van der Waals surface area contributed by atoms with Gasteiger partial charge in [0.1, 0.15) is 11.4 Å². The fourth-order valence-corrected chi connectivity index (χ4v) is 2.39. The quantitative estimate of drug-likeness (QED) is 0.491. The molecule has 0 saturated heterocycles. The van der Waals surface area contributed by atoms with Gasteiger partial charge in [0.25, 0.3) is 5.91 Å². The van der Waals surface area contributed by atoms with Crippen LogP contribution in [0, 0.1) is 0 Å². The minimum atomic E-state index is -0.342. The van der Waals surface area contributed by atoms with Gasteiger partial charge in [0.05, 0.1) is 17.9 Å². The zero-order valence-corrected chi connectivity index (χ0v) is 12.9. The number of nitrogens with one attached hydrogen (secondary N) is 2. The van der Waals surface area contributed by atoms with Gasteiger partial charge < -0.3 is 26.8 Å². The van der Waals surface area contributed by atoms with Crippen LogP contribution in [0.4, 0.5) is 11.4 Å². The summed E-state index contributed by atoms with van der Waals surface area (Å²) in [7, 11) is 0. The van der Waals surface area contributed by atoms with Crippen LogP contribution in [0.15, 0.2) is 40.7 Å². The second-order valence-corrected chi connectivity index (χ2v) is 5.31. The summed E-state index contributed by atoms with van der Waals surface area (Å²) in [6.45, 7) is 1.41. The third kappa shape index (κ3) is 3.69. The number of benzene rings is 1. The molecule has 1 heterocycles. The topological polar surface area (TPSA) is 102 Å². The number of rotatable bonds is 3. The summed E-state index contributed by atoms with van der Waals surface area (Å²) in [5.41, 5.74) is 12.4. The predicted octanol–water partition coefficient (Wildman–Crippen LogP) is 1.90. The molecule has 112 valence electrons. The second kappa shape index (κ2) is 7.03. The van der Waals surface area contributed by atoms with Gasteiger partial charge in [-0.2, -0.15) is 0 Å². The number of ether oxygens (including phenoxy) is 1. The van der Waals surface area contributed by atoms with Gasteiger partial charge in [-0.05, 0) is 30.8 Å². The van der Waals surface area contributed by atoms with Crippen molar-refractivity contribution in [1.82, 2.24) is 0 Å². The first-order chi connectivity index (χ1) is 10.2. The molecule has 1 aliphatic heterocycles. The second-order valence-electron chi connectivity index (χ2n) is 4.39. The van der Waals surface area contributed by atoms with Crippen molar-refractivity contribution in [2.75, 3.05) is 23.8 Å². The molecule has 0 unspecified atom stereocenters. The van der Waals surface area contributed by atoms with Gasteiger partial charge >= 0.3 is 0 Å². The van der Waals surface area contributed by atoms with Gasteiger partial charge in [-0.3, -0.25) is 4.79 Å². The van der Waals surface area contributed by atoms with Crippen LogP contribution in [0.2, 0.25) is 0 Å². The SMILES string of the molecule is N/C=C\C(=C/N)C(=O)Nc1cc(Br)cc2c1NCCCO2. The first-order valence-corrected chi connectivity index (χ1v) is 7.26. The van der Waals surface area contributed by atoms with E-state index in [4.69, 9.17) is 16.2 Å². The van der Waals surface area contributed by atoms with Crippen LogP contribution in [0.1, 0.15) is 6.42 Å². The van der Waals surface area contributed by atoms with E-state index in [1.165, 1.54) is 18.5 Å². The van der Waals surface area contributed by atoms with Crippen molar-refractivity contribution in [1.29, 1.82) is 0 Å².